The van der Waals surface area contributed by atoms with Crippen molar-refractivity contribution in [3.63, 3.8) is 0 Å². The molecule has 5 nitrogen and oxygen atoms in total. The van der Waals surface area contributed by atoms with Crippen molar-refractivity contribution in [2.75, 3.05) is 36.6 Å². The lowest BCUT2D eigenvalue weighted by Crippen LogP contribution is -2.47. The average Bonchev–Trinajstić information content (AvgIpc) is 2.33. The summed E-state index contributed by atoms with van der Waals surface area (Å²) in [6.07, 6.45) is 2.17. The fraction of sp³-hybridized carbons (Fsp3) is 0.583. The predicted octanol–water partition coefficient (Wildman–Crippen LogP) is 1.25. The topological polar surface area (TPSA) is 77.4 Å². The van der Waals surface area contributed by atoms with Crippen LogP contribution in [0.1, 0.15) is 19.8 Å². The van der Waals surface area contributed by atoms with Gasteiger partial charge in [0.05, 0.1) is 11.3 Å². The molecule has 1 unspecified atom stereocenters. The Morgan fingerprint density at radius 2 is 2.18 bits per heavy atom. The maximum Gasteiger partial charge on any atom is 0.149 e. The highest BCUT2D eigenvalue weighted by molar-refractivity contribution is 5.62. The first-order valence-electron chi connectivity index (χ1n) is 5.86. The van der Waals surface area contributed by atoms with Gasteiger partial charge in [-0.05, 0) is 31.9 Å². The summed E-state index contributed by atoms with van der Waals surface area (Å²) in [7, 11) is 1.76. The first-order valence-corrected chi connectivity index (χ1v) is 5.86. The molecule has 1 aliphatic heterocycles. The lowest BCUT2D eigenvalue weighted by atomic mass is 9.95. The summed E-state index contributed by atoms with van der Waals surface area (Å²) in [5.41, 5.74) is 11.8. The van der Waals surface area contributed by atoms with Crippen LogP contribution in [0.2, 0.25) is 0 Å². The van der Waals surface area contributed by atoms with Gasteiger partial charge in [-0.25, -0.2) is 4.98 Å². The molecule has 1 atom stereocenters. The van der Waals surface area contributed by atoms with Crippen molar-refractivity contribution in [3.8, 4) is 0 Å². The minimum absolute atomic E-state index is 0.101. The number of nitrogens with zero attached hydrogens (tertiary/aromatic N) is 2. The van der Waals surface area contributed by atoms with E-state index in [0.29, 0.717) is 11.5 Å². The fourth-order valence-electron chi connectivity index (χ4n) is 2.22. The Kier molecular flexibility index (Phi) is 3.11. The summed E-state index contributed by atoms with van der Waals surface area (Å²) in [5.74, 6) is 1.27. The van der Waals surface area contributed by atoms with Crippen LogP contribution in [0.4, 0.5) is 17.3 Å². The first-order chi connectivity index (χ1) is 8.04. The molecule has 1 aliphatic rings. The van der Waals surface area contributed by atoms with Crippen LogP contribution in [0.5, 0.6) is 0 Å². The molecule has 1 aromatic rings. The van der Waals surface area contributed by atoms with Crippen molar-refractivity contribution < 1.29 is 4.74 Å². The lowest BCUT2D eigenvalue weighted by Gasteiger charge is -2.40. The maximum absolute atomic E-state index is 5.73. The molecule has 1 saturated heterocycles. The smallest absolute Gasteiger partial charge is 0.149 e. The summed E-state index contributed by atoms with van der Waals surface area (Å²) < 4.78 is 5.56. The highest BCUT2D eigenvalue weighted by atomic mass is 16.5. The van der Waals surface area contributed by atoms with Crippen LogP contribution in [0.3, 0.4) is 0 Å². The van der Waals surface area contributed by atoms with Gasteiger partial charge in [-0.3, -0.25) is 0 Å². The van der Waals surface area contributed by atoms with Crippen molar-refractivity contribution in [3.05, 3.63) is 12.1 Å². The highest BCUT2D eigenvalue weighted by Crippen LogP contribution is 2.28. The van der Waals surface area contributed by atoms with E-state index >= 15 is 0 Å². The summed E-state index contributed by atoms with van der Waals surface area (Å²) >= 11 is 0. The number of hydrogen-bond acceptors (Lipinski definition) is 5. The maximum atomic E-state index is 5.73. The highest BCUT2D eigenvalue weighted by Gasteiger charge is 2.31. The number of anilines is 3. The largest absolute Gasteiger partial charge is 0.396 e. The van der Waals surface area contributed by atoms with Crippen molar-refractivity contribution in [2.24, 2.45) is 0 Å². The molecule has 1 fully saturated rings. The number of piperidine rings is 1. The van der Waals surface area contributed by atoms with Gasteiger partial charge >= 0.3 is 0 Å². The van der Waals surface area contributed by atoms with E-state index in [1.54, 1.807) is 13.2 Å². The van der Waals surface area contributed by atoms with Gasteiger partial charge in [-0.2, -0.15) is 0 Å². The monoisotopic (exact) mass is 236 g/mol. The molecule has 1 aromatic heterocycles. The molecule has 0 bridgehead atoms. The zero-order valence-corrected chi connectivity index (χ0v) is 10.4. The number of rotatable bonds is 2. The second kappa shape index (κ2) is 4.41. The van der Waals surface area contributed by atoms with Crippen LogP contribution in [0.25, 0.3) is 0 Å². The van der Waals surface area contributed by atoms with Crippen LogP contribution in [0.15, 0.2) is 12.1 Å². The Morgan fingerprint density at radius 3 is 2.82 bits per heavy atom. The summed E-state index contributed by atoms with van der Waals surface area (Å²) in [5, 5.41) is 0. The molecular formula is C12H20N4O. The van der Waals surface area contributed by atoms with Gasteiger partial charge < -0.3 is 21.1 Å². The third-order valence-corrected chi connectivity index (χ3v) is 3.42. The molecule has 2 heterocycles. The Bertz CT molecular complexity index is 409. The minimum atomic E-state index is -0.101. The van der Waals surface area contributed by atoms with Crippen LogP contribution in [0, 0.1) is 0 Å². The third kappa shape index (κ3) is 2.44. The van der Waals surface area contributed by atoms with Gasteiger partial charge in [0.25, 0.3) is 0 Å². The number of ether oxygens (including phenoxy) is 1. The van der Waals surface area contributed by atoms with E-state index in [-0.39, 0.29) is 5.60 Å². The number of pyridine rings is 1. The number of aromatic nitrogens is 1. The van der Waals surface area contributed by atoms with E-state index in [2.05, 4.69) is 16.8 Å². The molecule has 4 N–H and O–H groups in total. The molecule has 17 heavy (non-hydrogen) atoms. The third-order valence-electron chi connectivity index (χ3n) is 3.42. The fourth-order valence-corrected chi connectivity index (χ4v) is 2.22. The Labute approximate surface area is 102 Å². The number of hydrogen-bond donors (Lipinski definition) is 2. The standard InChI is InChI=1S/C12H20N4O/c1-12(17-2)6-3-7-16(8-12)10-5-4-9(13)11(14)15-10/h4-5H,3,6-8,13H2,1-2H3,(H2,14,15). The van der Waals surface area contributed by atoms with Gasteiger partial charge in [-0.15, -0.1) is 0 Å². The van der Waals surface area contributed by atoms with E-state index in [1.165, 1.54) is 0 Å². The number of nitrogens with two attached hydrogens (primary N) is 2. The number of nitrogen functional groups attached to an aromatic ring is 2. The second-order valence-corrected chi connectivity index (χ2v) is 4.82. The summed E-state index contributed by atoms with van der Waals surface area (Å²) in [4.78, 5) is 6.52. The molecule has 94 valence electrons. The molecular weight excluding hydrogens is 216 g/mol. The SMILES string of the molecule is COC1(C)CCCN(c2ccc(N)c(N)n2)C1. The van der Waals surface area contributed by atoms with Crippen molar-refractivity contribution in [1.82, 2.24) is 4.98 Å². The summed E-state index contributed by atoms with van der Waals surface area (Å²) in [6.45, 7) is 3.94. The molecule has 0 saturated carbocycles. The Hall–Kier alpha value is -1.49. The van der Waals surface area contributed by atoms with Gasteiger partial charge in [0.2, 0.25) is 0 Å². The van der Waals surface area contributed by atoms with E-state index in [4.69, 9.17) is 16.2 Å². The van der Waals surface area contributed by atoms with Crippen LogP contribution >= 0.6 is 0 Å². The minimum Gasteiger partial charge on any atom is -0.396 e. The van der Waals surface area contributed by atoms with Crippen molar-refractivity contribution in [1.29, 1.82) is 0 Å². The van der Waals surface area contributed by atoms with E-state index in [0.717, 1.165) is 31.7 Å². The van der Waals surface area contributed by atoms with E-state index in [9.17, 15) is 0 Å². The van der Waals surface area contributed by atoms with Gasteiger partial charge in [0.1, 0.15) is 11.6 Å². The molecule has 0 spiro atoms. The molecule has 0 amide bonds. The molecule has 0 aliphatic carbocycles. The first kappa shape index (κ1) is 12.0. The van der Waals surface area contributed by atoms with Gasteiger partial charge in [0, 0.05) is 20.2 Å². The molecule has 0 radical (unpaired) electrons. The molecule has 2 rings (SSSR count). The zero-order valence-electron chi connectivity index (χ0n) is 10.4. The van der Waals surface area contributed by atoms with Crippen LogP contribution in [-0.2, 0) is 4.74 Å². The number of methoxy groups -OCH3 is 1. The van der Waals surface area contributed by atoms with Crippen molar-refractivity contribution >= 4 is 17.3 Å². The van der Waals surface area contributed by atoms with Gasteiger partial charge in [-0.1, -0.05) is 0 Å². The Morgan fingerprint density at radius 1 is 1.41 bits per heavy atom. The normalized spacial score (nSPS) is 24.9. The Balaban J connectivity index is 2.19. The van der Waals surface area contributed by atoms with Crippen LogP contribution < -0.4 is 16.4 Å². The second-order valence-electron chi connectivity index (χ2n) is 4.82. The van der Waals surface area contributed by atoms with Crippen LogP contribution in [-0.4, -0.2) is 30.8 Å². The average molecular weight is 236 g/mol. The van der Waals surface area contributed by atoms with Gasteiger partial charge in [0.15, 0.2) is 0 Å². The predicted molar refractivity (Wildman–Crippen MR) is 69.9 cm³/mol. The molecule has 0 aromatic carbocycles. The summed E-state index contributed by atoms with van der Waals surface area (Å²) in [6, 6.07) is 3.71. The molecule has 5 heteroatoms. The van der Waals surface area contributed by atoms with E-state index < -0.39 is 0 Å². The van der Waals surface area contributed by atoms with Crippen molar-refractivity contribution in [2.45, 2.75) is 25.4 Å². The lowest BCUT2D eigenvalue weighted by molar-refractivity contribution is -0.00480. The van der Waals surface area contributed by atoms with E-state index in [1.807, 2.05) is 6.07 Å². The zero-order chi connectivity index (χ0) is 12.5. The quantitative estimate of drug-likeness (QED) is 0.808.